The predicted octanol–water partition coefficient (Wildman–Crippen LogP) is 24.7. The largest absolute Gasteiger partial charge is 0.457 e. The maximum Gasteiger partial charge on any atom is 0.159 e. The van der Waals surface area contributed by atoms with Crippen molar-refractivity contribution < 1.29 is 31.5 Å². The number of rotatable bonds is 16. The van der Waals surface area contributed by atoms with Crippen molar-refractivity contribution >= 4 is 68.2 Å². The van der Waals surface area contributed by atoms with Crippen molar-refractivity contribution in [1.29, 1.82) is 0 Å². The van der Waals surface area contributed by atoms with Crippen LogP contribution in [-0.2, 0) is 10.8 Å². The first kappa shape index (κ1) is 60.0. The van der Waals surface area contributed by atoms with Gasteiger partial charge in [-0.2, -0.15) is 0 Å². The summed E-state index contributed by atoms with van der Waals surface area (Å²) >= 11 is 0. The zero-order valence-electron chi connectivity index (χ0n) is 53.2. The number of fused-ring (bicyclic) bond motifs is 9. The van der Waals surface area contributed by atoms with Crippen LogP contribution >= 0.6 is 0 Å². The summed E-state index contributed by atoms with van der Waals surface area (Å²) in [5.41, 5.74) is 11.6. The monoisotopic (exact) mass is 1290 g/mol. The normalized spacial score (nSPS) is 14.8. The zero-order chi connectivity index (χ0) is 66.9. The average molecular weight is 1290 g/mol. The Morgan fingerprint density at radius 2 is 0.636 bits per heavy atom. The van der Waals surface area contributed by atoms with Gasteiger partial charge < -0.3 is 23.7 Å². The van der Waals surface area contributed by atoms with Gasteiger partial charge in [0.05, 0.1) is 22.2 Å². The number of benzene rings is 14. The highest BCUT2D eigenvalue weighted by molar-refractivity contribution is 6.14. The van der Waals surface area contributed by atoms with Crippen LogP contribution in [-0.4, -0.2) is 0 Å². The molecule has 0 amide bonds. The highest BCUT2D eigenvalue weighted by Crippen LogP contribution is 2.61. The molecule has 0 radical (unpaired) electrons. The highest BCUT2D eigenvalue weighted by atomic mass is 19.1. The maximum absolute atomic E-state index is 17.3. The highest BCUT2D eigenvalue weighted by Gasteiger charge is 2.51. The summed E-state index contributed by atoms with van der Waals surface area (Å²) < 4.78 is 89.4. The van der Waals surface area contributed by atoms with Crippen molar-refractivity contribution in [3.8, 4) is 45.3 Å². The van der Waals surface area contributed by atoms with Crippen LogP contribution < -0.4 is 19.3 Å². The van der Waals surface area contributed by atoms with Gasteiger partial charge in [-0.25, -0.2) is 17.6 Å². The number of nitrogens with zero attached hydrogens (tertiary/aromatic N) is 2. The van der Waals surface area contributed by atoms with E-state index in [1.54, 1.807) is 12.2 Å². The first-order valence-electron chi connectivity index (χ1n) is 32.7. The maximum atomic E-state index is 17.3. The molecule has 1 heterocycles. The van der Waals surface area contributed by atoms with Crippen LogP contribution in [0.15, 0.2) is 333 Å². The van der Waals surface area contributed by atoms with E-state index in [-0.39, 0.29) is 11.1 Å². The van der Waals surface area contributed by atoms with Crippen molar-refractivity contribution in [2.24, 2.45) is 0 Å². The van der Waals surface area contributed by atoms with Crippen LogP contribution in [0.3, 0.4) is 0 Å². The summed E-state index contributed by atoms with van der Waals surface area (Å²) in [5, 5.41) is 1.65. The Morgan fingerprint density at radius 1 is 0.303 bits per heavy atom. The number of halogens is 4. The molecule has 0 spiro atoms. The minimum Gasteiger partial charge on any atom is -0.457 e. The molecule has 2 atom stereocenters. The third-order valence-corrected chi connectivity index (χ3v) is 19.5. The average Bonchev–Trinajstić information content (AvgIpc) is 1.56. The molecule has 1 aromatic heterocycles. The molecule has 2 aliphatic rings. The van der Waals surface area contributed by atoms with Crippen LogP contribution in [0, 0.1) is 23.3 Å². The van der Waals surface area contributed by atoms with Crippen LogP contribution in [0.1, 0.15) is 55.6 Å². The van der Waals surface area contributed by atoms with Gasteiger partial charge in [-0.05, 0) is 200 Å². The van der Waals surface area contributed by atoms with E-state index in [2.05, 4.69) is 71.5 Å². The van der Waals surface area contributed by atoms with Crippen molar-refractivity contribution in [1.82, 2.24) is 0 Å². The molecule has 17 rings (SSSR count). The molecule has 0 aliphatic heterocycles. The van der Waals surface area contributed by atoms with Gasteiger partial charge in [-0.3, -0.25) is 0 Å². The van der Waals surface area contributed by atoms with Gasteiger partial charge in [0.1, 0.15) is 46.3 Å². The predicted molar refractivity (Wildman–Crippen MR) is 391 cm³/mol. The number of anilines is 6. The first-order chi connectivity index (χ1) is 48.6. The molecule has 474 valence electrons. The summed E-state index contributed by atoms with van der Waals surface area (Å²) in [7, 11) is 0. The topological polar surface area (TPSA) is 38.1 Å². The Kier molecular flexibility index (Phi) is 14.6. The van der Waals surface area contributed by atoms with E-state index in [4.69, 9.17) is 13.9 Å². The molecule has 2 unspecified atom stereocenters. The van der Waals surface area contributed by atoms with Gasteiger partial charge >= 0.3 is 0 Å². The Labute approximate surface area is 569 Å². The third kappa shape index (κ3) is 9.67. The lowest BCUT2D eigenvalue weighted by Gasteiger charge is -2.35. The standard InChI is InChI=1S/C90H58F4N2O3/c1-3-57-35-45-65(46-36-57)97-67-49-39-59(40-50-67)89(85-79(91)29-17-30-80(85)92)75-27-13-11-23-69(75)71-53-43-63(55-77(71)89)95(61-19-7-5-8-20-61)83-33-15-25-73-74-26-16-34-84(88(74)99-87(73)83)96(62-21-9-6-10-22-62)64-44-54-72-70-24-12-14-28-76(70)90(78(72)56-64,86-81(93)31-18-32-82(86)94)60-41-51-68(52-42-60)98-66-47-37-58(4-2)38-48-66/h3-56H,1-2H2. The van der Waals surface area contributed by atoms with Gasteiger partial charge in [0.2, 0.25) is 0 Å². The van der Waals surface area contributed by atoms with Gasteiger partial charge in [-0.1, -0.05) is 207 Å². The third-order valence-electron chi connectivity index (χ3n) is 19.5. The van der Waals surface area contributed by atoms with E-state index in [1.165, 1.54) is 36.4 Å². The number of hydrogen-bond donors (Lipinski definition) is 0. The molecule has 0 saturated carbocycles. The first-order valence-corrected chi connectivity index (χ1v) is 32.7. The fourth-order valence-electron chi connectivity index (χ4n) is 15.3. The minimum absolute atomic E-state index is 0.104. The molecular weight excluding hydrogens is 1230 g/mol. The lowest BCUT2D eigenvalue weighted by Crippen LogP contribution is -2.31. The van der Waals surface area contributed by atoms with Crippen LogP contribution in [0.2, 0.25) is 0 Å². The molecule has 0 fully saturated rings. The lowest BCUT2D eigenvalue weighted by atomic mass is 9.67. The van der Waals surface area contributed by atoms with Gasteiger partial charge in [0, 0.05) is 44.6 Å². The second-order valence-corrected chi connectivity index (χ2v) is 24.8. The van der Waals surface area contributed by atoms with E-state index in [0.29, 0.717) is 79.2 Å². The molecule has 99 heavy (non-hydrogen) atoms. The van der Waals surface area contributed by atoms with E-state index < -0.39 is 34.1 Å². The number of para-hydroxylation sites is 4. The molecule has 15 aromatic rings. The summed E-state index contributed by atoms with van der Waals surface area (Å²) in [5.74, 6) is -0.413. The van der Waals surface area contributed by atoms with Crippen molar-refractivity contribution in [3.63, 3.8) is 0 Å². The Morgan fingerprint density at radius 3 is 1.01 bits per heavy atom. The van der Waals surface area contributed by atoms with Gasteiger partial charge in [0.25, 0.3) is 0 Å². The summed E-state index contributed by atoms with van der Waals surface area (Å²) in [6.07, 6.45) is 3.54. The van der Waals surface area contributed by atoms with Crippen molar-refractivity contribution in [2.45, 2.75) is 10.8 Å². The molecule has 5 nitrogen and oxygen atoms in total. The second-order valence-electron chi connectivity index (χ2n) is 24.8. The number of furan rings is 1. The van der Waals surface area contributed by atoms with Gasteiger partial charge in [0.15, 0.2) is 11.2 Å². The quantitative estimate of drug-likeness (QED) is 0.0902. The molecular formula is C90H58F4N2O3. The Bertz CT molecular complexity index is 5270. The van der Waals surface area contributed by atoms with Crippen LogP contribution in [0.25, 0.3) is 56.3 Å². The van der Waals surface area contributed by atoms with E-state index in [0.717, 1.165) is 66.7 Å². The van der Waals surface area contributed by atoms with Crippen LogP contribution in [0.4, 0.5) is 51.7 Å². The number of ether oxygens (including phenoxy) is 2. The lowest BCUT2D eigenvalue weighted by molar-refractivity contribution is 0.481. The molecule has 0 bridgehead atoms. The Hall–Kier alpha value is -12.7. The minimum atomic E-state index is -1.51. The number of hydrogen-bond acceptors (Lipinski definition) is 5. The van der Waals surface area contributed by atoms with E-state index in [9.17, 15) is 0 Å². The van der Waals surface area contributed by atoms with E-state index >= 15 is 17.6 Å². The van der Waals surface area contributed by atoms with Crippen molar-refractivity contribution in [2.75, 3.05) is 9.80 Å². The molecule has 0 N–H and O–H groups in total. The van der Waals surface area contributed by atoms with Crippen molar-refractivity contribution in [3.05, 3.63) is 408 Å². The fourth-order valence-corrected chi connectivity index (χ4v) is 15.3. The van der Waals surface area contributed by atoms with E-state index in [1.807, 2.05) is 231 Å². The molecule has 14 aromatic carbocycles. The molecule has 2 aliphatic carbocycles. The molecule has 9 heteroatoms. The zero-order valence-corrected chi connectivity index (χ0v) is 53.2. The summed E-state index contributed by atoms with van der Waals surface area (Å²) in [4.78, 5) is 4.27. The summed E-state index contributed by atoms with van der Waals surface area (Å²) in [6, 6.07) is 98.5. The Balaban J connectivity index is 0.838. The second kappa shape index (κ2) is 24.2. The van der Waals surface area contributed by atoms with Crippen LogP contribution in [0.5, 0.6) is 23.0 Å². The summed E-state index contributed by atoms with van der Waals surface area (Å²) in [6.45, 7) is 7.76. The smallest absolute Gasteiger partial charge is 0.159 e. The fraction of sp³-hybridized carbons (Fsp3) is 0.0222. The van der Waals surface area contributed by atoms with Gasteiger partial charge in [-0.15, -0.1) is 0 Å². The SMILES string of the molecule is C=Cc1ccc(Oc2ccc(C3(c4c(F)cccc4F)c4ccccc4-c4ccc(N(c5ccccc5)c5cccc6c5oc5c(N(c7ccccc7)c7ccc8c(c7)C(c7ccc(Oc9ccc(C=C)cc9)cc7)(c7c(F)cccc7F)c7ccccc7-8)cccc56)cc43)cc2)cc1. The molecule has 0 saturated heterocycles.